The van der Waals surface area contributed by atoms with Crippen LogP contribution < -0.4 is 10.6 Å². The number of nitrogens with one attached hydrogen (secondary N) is 2. The van der Waals surface area contributed by atoms with Crippen LogP contribution >= 0.6 is 0 Å². The van der Waals surface area contributed by atoms with Gasteiger partial charge in [-0.2, -0.15) is 0 Å². The minimum atomic E-state index is -1.16. The van der Waals surface area contributed by atoms with E-state index in [1.807, 2.05) is 0 Å². The molecule has 0 aliphatic carbocycles. The fraction of sp³-hybridized carbons (Fsp3) is 0.250. The lowest BCUT2D eigenvalue weighted by atomic mass is 9.83. The molecular weight excluding hydrogens is 287 g/mol. The van der Waals surface area contributed by atoms with Crippen LogP contribution in [0.25, 0.3) is 5.57 Å². The molecular formula is C16H15FN2O3. The molecule has 0 aromatic heterocycles. The average molecular weight is 302 g/mol. The van der Waals surface area contributed by atoms with E-state index in [0.29, 0.717) is 11.3 Å². The summed E-state index contributed by atoms with van der Waals surface area (Å²) in [4.78, 5) is 23.7. The van der Waals surface area contributed by atoms with Crippen LogP contribution in [-0.4, -0.2) is 23.0 Å². The standard InChI is InChI=1S/C16H15FN2O3/c1-8-7-16(2,15(21)22)13(18-8)6-11-10-5-9(17)3-4-12(10)19-14(11)20/h3-7,13,18H,1-2H3,(H,19,20)(H,21,22). The van der Waals surface area contributed by atoms with Crippen molar-refractivity contribution in [1.29, 1.82) is 0 Å². The summed E-state index contributed by atoms with van der Waals surface area (Å²) in [7, 11) is 0. The number of rotatable bonds is 2. The second kappa shape index (κ2) is 4.69. The van der Waals surface area contributed by atoms with Crippen molar-refractivity contribution in [3.63, 3.8) is 0 Å². The molecule has 1 aromatic rings. The van der Waals surface area contributed by atoms with Gasteiger partial charge >= 0.3 is 5.97 Å². The summed E-state index contributed by atoms with van der Waals surface area (Å²) in [5, 5.41) is 15.2. The highest BCUT2D eigenvalue weighted by Crippen LogP contribution is 2.37. The van der Waals surface area contributed by atoms with Gasteiger partial charge in [-0.25, -0.2) is 4.39 Å². The van der Waals surface area contributed by atoms with Gasteiger partial charge in [0.25, 0.3) is 5.91 Å². The summed E-state index contributed by atoms with van der Waals surface area (Å²) in [5.41, 5.74) is 0.821. The van der Waals surface area contributed by atoms with Gasteiger partial charge < -0.3 is 15.7 Å². The van der Waals surface area contributed by atoms with E-state index in [0.717, 1.165) is 5.70 Å². The van der Waals surface area contributed by atoms with E-state index in [2.05, 4.69) is 10.6 Å². The summed E-state index contributed by atoms with van der Waals surface area (Å²) in [6.45, 7) is 3.35. The molecule has 22 heavy (non-hydrogen) atoms. The number of carboxylic acid groups (broad SMARTS) is 1. The Morgan fingerprint density at radius 2 is 2.18 bits per heavy atom. The van der Waals surface area contributed by atoms with Crippen molar-refractivity contribution >= 4 is 23.1 Å². The van der Waals surface area contributed by atoms with Crippen molar-refractivity contribution in [3.05, 3.63) is 47.4 Å². The van der Waals surface area contributed by atoms with Crippen molar-refractivity contribution in [3.8, 4) is 0 Å². The van der Waals surface area contributed by atoms with Crippen LogP contribution in [0.4, 0.5) is 10.1 Å². The van der Waals surface area contributed by atoms with Gasteiger partial charge in [-0.3, -0.25) is 9.59 Å². The molecule has 0 saturated heterocycles. The number of allylic oxidation sites excluding steroid dienone is 1. The van der Waals surface area contributed by atoms with Gasteiger partial charge in [-0.15, -0.1) is 0 Å². The molecule has 2 aliphatic heterocycles. The highest BCUT2D eigenvalue weighted by atomic mass is 19.1. The van der Waals surface area contributed by atoms with Crippen LogP contribution in [0, 0.1) is 11.2 Å². The second-order valence-corrected chi connectivity index (χ2v) is 5.76. The van der Waals surface area contributed by atoms with Crippen LogP contribution in [0.5, 0.6) is 0 Å². The van der Waals surface area contributed by atoms with Gasteiger partial charge in [0.15, 0.2) is 0 Å². The van der Waals surface area contributed by atoms with E-state index < -0.39 is 23.2 Å². The van der Waals surface area contributed by atoms with Crippen molar-refractivity contribution in [2.45, 2.75) is 19.9 Å². The highest BCUT2D eigenvalue weighted by Gasteiger charge is 2.43. The molecule has 5 nitrogen and oxygen atoms in total. The number of carbonyl (C=O) groups excluding carboxylic acids is 1. The van der Waals surface area contributed by atoms with Crippen molar-refractivity contribution in [1.82, 2.24) is 5.32 Å². The number of halogens is 1. The molecule has 6 heteroatoms. The third-order valence-corrected chi connectivity index (χ3v) is 4.10. The van der Waals surface area contributed by atoms with E-state index in [1.165, 1.54) is 18.2 Å². The molecule has 0 bridgehead atoms. The normalized spacial score (nSPS) is 28.1. The Hall–Kier alpha value is -2.63. The maximum absolute atomic E-state index is 13.4. The van der Waals surface area contributed by atoms with Gasteiger partial charge in [0, 0.05) is 22.5 Å². The zero-order valence-corrected chi connectivity index (χ0v) is 12.1. The maximum Gasteiger partial charge on any atom is 0.315 e. The van der Waals surface area contributed by atoms with Gasteiger partial charge in [0.1, 0.15) is 11.2 Å². The Morgan fingerprint density at radius 1 is 1.45 bits per heavy atom. The number of fused-ring (bicyclic) bond motifs is 1. The molecule has 0 saturated carbocycles. The monoisotopic (exact) mass is 302 g/mol. The van der Waals surface area contributed by atoms with Crippen LogP contribution in [0.3, 0.4) is 0 Å². The fourth-order valence-corrected chi connectivity index (χ4v) is 2.88. The summed E-state index contributed by atoms with van der Waals surface area (Å²) >= 11 is 0. The van der Waals surface area contributed by atoms with Gasteiger partial charge in [0.2, 0.25) is 0 Å². The molecule has 2 heterocycles. The minimum Gasteiger partial charge on any atom is -0.481 e. The number of aliphatic carboxylic acids is 1. The molecule has 2 unspecified atom stereocenters. The quantitative estimate of drug-likeness (QED) is 0.731. The van der Waals surface area contributed by atoms with Crippen molar-refractivity contribution in [2.24, 2.45) is 5.41 Å². The van der Waals surface area contributed by atoms with Crippen LogP contribution in [0.1, 0.15) is 19.4 Å². The first-order chi connectivity index (χ1) is 10.3. The number of amides is 1. The molecule has 1 aromatic carbocycles. The Balaban J connectivity index is 2.05. The van der Waals surface area contributed by atoms with Gasteiger partial charge in [-0.05, 0) is 44.2 Å². The van der Waals surface area contributed by atoms with Crippen molar-refractivity contribution < 1.29 is 19.1 Å². The number of carboxylic acids is 1. The van der Waals surface area contributed by atoms with E-state index in [-0.39, 0.29) is 11.5 Å². The molecule has 1 amide bonds. The summed E-state index contributed by atoms with van der Waals surface area (Å²) in [6, 6.07) is 3.45. The van der Waals surface area contributed by atoms with E-state index >= 15 is 0 Å². The lowest BCUT2D eigenvalue weighted by Crippen LogP contribution is -2.40. The maximum atomic E-state index is 13.4. The Morgan fingerprint density at radius 3 is 2.86 bits per heavy atom. The van der Waals surface area contributed by atoms with E-state index in [4.69, 9.17) is 0 Å². The predicted molar refractivity (Wildman–Crippen MR) is 79.4 cm³/mol. The first-order valence-corrected chi connectivity index (χ1v) is 6.84. The lowest BCUT2D eigenvalue weighted by molar-refractivity contribution is -0.145. The van der Waals surface area contributed by atoms with E-state index in [1.54, 1.807) is 26.0 Å². The van der Waals surface area contributed by atoms with Crippen LogP contribution in [-0.2, 0) is 9.59 Å². The summed E-state index contributed by atoms with van der Waals surface area (Å²) in [5.74, 6) is -1.80. The minimum absolute atomic E-state index is 0.280. The smallest absolute Gasteiger partial charge is 0.315 e. The molecule has 114 valence electrons. The zero-order chi connectivity index (χ0) is 16.1. The highest BCUT2D eigenvalue weighted by molar-refractivity contribution is 6.31. The van der Waals surface area contributed by atoms with Crippen LogP contribution in [0.15, 0.2) is 36.0 Å². The molecule has 2 atom stereocenters. The molecule has 0 fully saturated rings. The second-order valence-electron chi connectivity index (χ2n) is 5.76. The number of hydrogen-bond acceptors (Lipinski definition) is 3. The zero-order valence-electron chi connectivity index (χ0n) is 12.1. The third-order valence-electron chi connectivity index (χ3n) is 4.10. The van der Waals surface area contributed by atoms with Crippen molar-refractivity contribution in [2.75, 3.05) is 5.32 Å². The van der Waals surface area contributed by atoms with Crippen LogP contribution in [0.2, 0.25) is 0 Å². The molecule has 0 spiro atoms. The number of carbonyl (C=O) groups is 2. The SMILES string of the molecule is CC1=CC(C)(C(=O)O)C(C=C2C(=O)Nc3ccc(F)cc32)N1. The molecule has 0 radical (unpaired) electrons. The Kier molecular flexibility index (Phi) is 3.05. The molecule has 3 rings (SSSR count). The van der Waals surface area contributed by atoms with E-state index in [9.17, 15) is 19.1 Å². The first-order valence-electron chi connectivity index (χ1n) is 6.84. The Bertz CT molecular complexity index is 754. The average Bonchev–Trinajstić information content (AvgIpc) is 2.89. The molecule has 2 aliphatic rings. The lowest BCUT2D eigenvalue weighted by Gasteiger charge is -2.24. The largest absolute Gasteiger partial charge is 0.481 e. The Labute approximate surface area is 126 Å². The van der Waals surface area contributed by atoms with Gasteiger partial charge in [0.05, 0.1) is 6.04 Å². The summed E-state index contributed by atoms with van der Waals surface area (Å²) < 4.78 is 13.4. The fourth-order valence-electron chi connectivity index (χ4n) is 2.88. The summed E-state index contributed by atoms with van der Waals surface area (Å²) in [6.07, 6.45) is 3.18. The predicted octanol–water partition coefficient (Wildman–Crippen LogP) is 2.13. The number of benzene rings is 1. The number of hydrogen-bond donors (Lipinski definition) is 3. The van der Waals surface area contributed by atoms with Gasteiger partial charge in [-0.1, -0.05) is 0 Å². The third kappa shape index (κ3) is 2.07. The number of anilines is 1. The first kappa shape index (κ1) is 14.3. The topological polar surface area (TPSA) is 78.4 Å². The molecule has 3 N–H and O–H groups in total.